The van der Waals surface area contributed by atoms with Gasteiger partial charge in [-0.05, 0) is 65.4 Å². The van der Waals surface area contributed by atoms with Crippen LogP contribution in [0, 0.1) is 17.8 Å². The lowest BCUT2D eigenvalue weighted by molar-refractivity contribution is 0.385. The van der Waals surface area contributed by atoms with Crippen LogP contribution in [0.5, 0.6) is 0 Å². The van der Waals surface area contributed by atoms with Gasteiger partial charge in [0.05, 0.1) is 6.54 Å². The predicted octanol–water partition coefficient (Wildman–Crippen LogP) is 3.85. The van der Waals surface area contributed by atoms with Gasteiger partial charge in [-0.15, -0.1) is 24.0 Å². The van der Waals surface area contributed by atoms with Gasteiger partial charge in [-0.3, -0.25) is 4.99 Å². The average molecular weight is 495 g/mol. The second kappa shape index (κ2) is 8.23. The minimum atomic E-state index is 0. The molecule has 23 heavy (non-hydrogen) atoms. The van der Waals surface area contributed by atoms with Gasteiger partial charge in [-0.25, -0.2) is 0 Å². The smallest absolute Gasteiger partial charge is 0.193 e. The average Bonchev–Trinajstić information content (AvgIpc) is 3.36. The number of nitrogens with zero attached hydrogens (tertiary/aromatic N) is 3. The minimum Gasteiger partial charge on any atom is -0.356 e. The summed E-state index contributed by atoms with van der Waals surface area (Å²) in [4.78, 5) is 6.67. The van der Waals surface area contributed by atoms with Gasteiger partial charge < -0.3 is 14.8 Å². The summed E-state index contributed by atoms with van der Waals surface area (Å²) in [6, 6.07) is 2.17. The van der Waals surface area contributed by atoms with E-state index in [1.54, 1.807) is 0 Å². The van der Waals surface area contributed by atoms with Gasteiger partial charge in [0.25, 0.3) is 0 Å². The van der Waals surface area contributed by atoms with Crippen LogP contribution in [-0.2, 0) is 13.6 Å². The van der Waals surface area contributed by atoms with Gasteiger partial charge in [-0.2, -0.15) is 0 Å². The van der Waals surface area contributed by atoms with Crippen LogP contribution in [-0.4, -0.2) is 36.1 Å². The van der Waals surface area contributed by atoms with Gasteiger partial charge in [0.15, 0.2) is 5.96 Å². The van der Waals surface area contributed by atoms with Crippen molar-refractivity contribution in [2.24, 2.45) is 29.8 Å². The number of halogens is 2. The summed E-state index contributed by atoms with van der Waals surface area (Å²) in [6.07, 6.45) is 7.85. The van der Waals surface area contributed by atoms with E-state index in [2.05, 4.69) is 62.1 Å². The fraction of sp³-hybridized carbons (Fsp3) is 0.706. The lowest BCUT2D eigenvalue weighted by atomic mass is 9.98. The number of aryl methyl sites for hydroxylation is 1. The predicted molar refractivity (Wildman–Crippen MR) is 110 cm³/mol. The first kappa shape index (κ1) is 19.1. The van der Waals surface area contributed by atoms with E-state index in [9.17, 15) is 0 Å². The van der Waals surface area contributed by atoms with Gasteiger partial charge >= 0.3 is 0 Å². The van der Waals surface area contributed by atoms with Crippen LogP contribution in [0.3, 0.4) is 0 Å². The van der Waals surface area contributed by atoms with E-state index < -0.39 is 0 Å². The van der Waals surface area contributed by atoms with Crippen molar-refractivity contribution in [2.75, 3.05) is 20.6 Å². The molecule has 1 heterocycles. The molecule has 0 amide bonds. The van der Waals surface area contributed by atoms with Crippen molar-refractivity contribution in [1.82, 2.24) is 14.8 Å². The Morgan fingerprint density at radius 3 is 2.43 bits per heavy atom. The molecule has 1 aromatic rings. The lowest BCUT2D eigenvalue weighted by Gasteiger charge is -2.25. The second-order valence-electron chi connectivity index (χ2n) is 6.88. The van der Waals surface area contributed by atoms with Crippen molar-refractivity contribution in [3.05, 3.63) is 22.4 Å². The molecule has 0 saturated heterocycles. The summed E-state index contributed by atoms with van der Waals surface area (Å²) >= 11 is 3.54. The Hall–Kier alpha value is -0.240. The molecule has 0 spiro atoms. The molecule has 2 saturated carbocycles. The topological polar surface area (TPSA) is 32.6 Å². The van der Waals surface area contributed by atoms with E-state index in [0.717, 1.165) is 41.3 Å². The van der Waals surface area contributed by atoms with E-state index >= 15 is 0 Å². The molecule has 3 rings (SSSR count). The lowest BCUT2D eigenvalue weighted by Crippen LogP contribution is -2.41. The molecule has 1 aromatic heterocycles. The first-order valence-corrected chi connectivity index (χ1v) is 9.10. The third-order valence-corrected chi connectivity index (χ3v) is 5.43. The van der Waals surface area contributed by atoms with Gasteiger partial charge in [-0.1, -0.05) is 0 Å². The Bertz CT molecular complexity index is 537. The van der Waals surface area contributed by atoms with E-state index in [1.165, 1.54) is 31.4 Å². The van der Waals surface area contributed by atoms with Crippen LogP contribution in [0.4, 0.5) is 0 Å². The summed E-state index contributed by atoms with van der Waals surface area (Å²) in [7, 11) is 6.07. The van der Waals surface area contributed by atoms with Gasteiger partial charge in [0.1, 0.15) is 0 Å². The Morgan fingerprint density at radius 2 is 2.00 bits per heavy atom. The summed E-state index contributed by atoms with van der Waals surface area (Å²) in [5.41, 5.74) is 1.28. The standard InChI is InChI=1S/C17H27BrN4.HI/c1-19-17(20-9-16(12-4-5-12)13-6-7-13)22(3)11-15-8-14(18)10-21(15)2;/h8,10,12-13,16H,4-7,9,11H2,1-3H3,(H,19,20);1H. The third-order valence-electron chi connectivity index (χ3n) is 5.00. The highest BCUT2D eigenvalue weighted by Gasteiger charge is 2.41. The molecular formula is C17H28BrIN4. The number of hydrogen-bond donors (Lipinski definition) is 1. The monoisotopic (exact) mass is 494 g/mol. The van der Waals surface area contributed by atoms with Crippen molar-refractivity contribution < 1.29 is 0 Å². The molecule has 1 N–H and O–H groups in total. The first-order chi connectivity index (χ1) is 10.6. The fourth-order valence-electron chi connectivity index (χ4n) is 3.40. The van der Waals surface area contributed by atoms with Crippen LogP contribution in [0.15, 0.2) is 21.7 Å². The third kappa shape index (κ3) is 5.11. The van der Waals surface area contributed by atoms with Crippen molar-refractivity contribution in [2.45, 2.75) is 32.2 Å². The summed E-state index contributed by atoms with van der Waals surface area (Å²) in [6.45, 7) is 1.95. The van der Waals surface area contributed by atoms with E-state index in [0.29, 0.717) is 0 Å². The number of aliphatic imine (C=N–C) groups is 1. The number of nitrogens with one attached hydrogen (secondary N) is 1. The van der Waals surface area contributed by atoms with Crippen LogP contribution in [0.25, 0.3) is 0 Å². The zero-order valence-electron chi connectivity index (χ0n) is 14.3. The van der Waals surface area contributed by atoms with Gasteiger partial charge in [0.2, 0.25) is 0 Å². The van der Waals surface area contributed by atoms with Crippen LogP contribution < -0.4 is 5.32 Å². The quantitative estimate of drug-likeness (QED) is 0.370. The summed E-state index contributed by atoms with van der Waals surface area (Å²) < 4.78 is 3.29. The minimum absolute atomic E-state index is 0. The van der Waals surface area contributed by atoms with Crippen LogP contribution >= 0.6 is 39.9 Å². The molecule has 0 unspecified atom stereocenters. The number of rotatable bonds is 6. The molecular weight excluding hydrogens is 467 g/mol. The highest BCUT2D eigenvalue weighted by molar-refractivity contribution is 14.0. The largest absolute Gasteiger partial charge is 0.356 e. The second-order valence-corrected chi connectivity index (χ2v) is 7.80. The normalized spacial score (nSPS) is 18.0. The molecule has 0 atom stereocenters. The molecule has 2 aliphatic rings. The van der Waals surface area contributed by atoms with Crippen molar-refractivity contribution >= 4 is 45.9 Å². The number of aromatic nitrogens is 1. The molecule has 6 heteroatoms. The molecule has 130 valence electrons. The van der Waals surface area contributed by atoms with E-state index in [1.807, 2.05) is 7.05 Å². The van der Waals surface area contributed by atoms with Crippen molar-refractivity contribution in [3.63, 3.8) is 0 Å². The van der Waals surface area contributed by atoms with Crippen molar-refractivity contribution in [1.29, 1.82) is 0 Å². The SMILES string of the molecule is CN=C(NCC(C1CC1)C1CC1)N(C)Cc1cc(Br)cn1C.I. The van der Waals surface area contributed by atoms with Crippen molar-refractivity contribution in [3.8, 4) is 0 Å². The van der Waals surface area contributed by atoms with Crippen LogP contribution in [0.1, 0.15) is 31.4 Å². The first-order valence-electron chi connectivity index (χ1n) is 8.31. The highest BCUT2D eigenvalue weighted by atomic mass is 127. The van der Waals surface area contributed by atoms with E-state index in [-0.39, 0.29) is 24.0 Å². The number of guanidine groups is 1. The maximum absolute atomic E-state index is 4.46. The maximum atomic E-state index is 4.46. The maximum Gasteiger partial charge on any atom is 0.193 e. The number of hydrogen-bond acceptors (Lipinski definition) is 1. The highest BCUT2D eigenvalue weighted by Crippen LogP contribution is 2.48. The molecule has 0 aliphatic heterocycles. The zero-order chi connectivity index (χ0) is 15.7. The Morgan fingerprint density at radius 1 is 1.39 bits per heavy atom. The summed E-state index contributed by atoms with van der Waals surface area (Å²) in [5, 5.41) is 3.61. The zero-order valence-corrected chi connectivity index (χ0v) is 18.2. The van der Waals surface area contributed by atoms with Crippen LogP contribution in [0.2, 0.25) is 0 Å². The molecule has 0 aromatic carbocycles. The summed E-state index contributed by atoms with van der Waals surface area (Å²) in [5.74, 6) is 3.83. The van der Waals surface area contributed by atoms with Gasteiger partial charge in [0, 0.05) is 44.1 Å². The Labute approximate surface area is 165 Å². The Balaban J connectivity index is 0.00000192. The molecule has 4 nitrogen and oxygen atoms in total. The molecule has 2 fully saturated rings. The molecule has 0 bridgehead atoms. The fourth-order valence-corrected chi connectivity index (χ4v) is 3.97. The van der Waals surface area contributed by atoms with E-state index in [4.69, 9.17) is 0 Å². The molecule has 0 radical (unpaired) electrons. The molecule has 2 aliphatic carbocycles. The Kier molecular flexibility index (Phi) is 6.83.